The fourth-order valence-corrected chi connectivity index (χ4v) is 2.56. The van der Waals surface area contributed by atoms with E-state index in [9.17, 15) is 9.59 Å². The molecule has 1 aromatic heterocycles. The Kier molecular flexibility index (Phi) is 5.48. The Bertz CT molecular complexity index is 918. The maximum absolute atomic E-state index is 12.4. The summed E-state index contributed by atoms with van der Waals surface area (Å²) in [5, 5.41) is 2.73. The van der Waals surface area contributed by atoms with Gasteiger partial charge in [-0.3, -0.25) is 9.59 Å². The van der Waals surface area contributed by atoms with Crippen LogP contribution in [0.4, 0.5) is 5.69 Å². The lowest BCUT2D eigenvalue weighted by atomic mass is 10.1. The molecule has 0 aliphatic carbocycles. The molecule has 0 saturated carbocycles. The van der Waals surface area contributed by atoms with Gasteiger partial charge in [0.15, 0.2) is 12.4 Å². The molecule has 6 nitrogen and oxygen atoms in total. The van der Waals surface area contributed by atoms with E-state index in [1.807, 2.05) is 12.1 Å². The molecule has 0 aliphatic rings. The van der Waals surface area contributed by atoms with Crippen molar-refractivity contribution in [2.75, 3.05) is 11.9 Å². The Labute approximate surface area is 158 Å². The summed E-state index contributed by atoms with van der Waals surface area (Å²) in [5.74, 6) is 0.522. The van der Waals surface area contributed by atoms with E-state index in [0.717, 1.165) is 4.47 Å². The molecule has 132 valence electrons. The summed E-state index contributed by atoms with van der Waals surface area (Å²) in [6.45, 7) is -0.102. The van der Waals surface area contributed by atoms with Gasteiger partial charge in [0.25, 0.3) is 5.91 Å². The number of carbonyl (C=O) groups excluding carboxylic acids is 2. The number of hydrogen-bond acceptors (Lipinski definition) is 4. The molecule has 0 spiro atoms. The number of ether oxygens (including phenoxy) is 1. The SMILES string of the molecule is Cn1ccnc1C(=O)c1ccc(NC(=O)COc2ccc(Br)cc2)cc1. The first kappa shape index (κ1) is 17.9. The molecule has 1 N–H and O–H groups in total. The third kappa shape index (κ3) is 4.37. The average Bonchev–Trinajstić information content (AvgIpc) is 3.07. The second-order valence-electron chi connectivity index (χ2n) is 5.56. The number of benzene rings is 2. The Morgan fingerprint density at radius 1 is 1.12 bits per heavy atom. The largest absolute Gasteiger partial charge is 0.484 e. The smallest absolute Gasteiger partial charge is 0.262 e. The van der Waals surface area contributed by atoms with Gasteiger partial charge in [0.05, 0.1) is 0 Å². The molecule has 3 rings (SSSR count). The molecule has 2 aromatic carbocycles. The first-order chi connectivity index (χ1) is 12.5. The molecule has 0 aliphatic heterocycles. The molecule has 0 saturated heterocycles. The number of aryl methyl sites for hydroxylation is 1. The molecule has 0 unspecified atom stereocenters. The minimum Gasteiger partial charge on any atom is -0.484 e. The first-order valence-electron chi connectivity index (χ1n) is 7.83. The quantitative estimate of drug-likeness (QED) is 0.628. The molecule has 0 bridgehead atoms. The zero-order valence-corrected chi connectivity index (χ0v) is 15.6. The minimum absolute atomic E-state index is 0.102. The number of rotatable bonds is 6. The van der Waals surface area contributed by atoms with Gasteiger partial charge < -0.3 is 14.6 Å². The van der Waals surface area contributed by atoms with Gasteiger partial charge in [-0.15, -0.1) is 0 Å². The van der Waals surface area contributed by atoms with Crippen molar-refractivity contribution in [1.82, 2.24) is 9.55 Å². The Morgan fingerprint density at radius 2 is 1.81 bits per heavy atom. The van der Waals surface area contributed by atoms with Crippen LogP contribution in [0.1, 0.15) is 16.2 Å². The highest BCUT2D eigenvalue weighted by Gasteiger charge is 2.13. The van der Waals surface area contributed by atoms with Crippen LogP contribution in [0, 0.1) is 0 Å². The predicted molar refractivity (Wildman–Crippen MR) is 101 cm³/mol. The summed E-state index contributed by atoms with van der Waals surface area (Å²) in [5.41, 5.74) is 1.09. The second kappa shape index (κ2) is 7.97. The summed E-state index contributed by atoms with van der Waals surface area (Å²) in [7, 11) is 1.76. The van der Waals surface area contributed by atoms with E-state index < -0.39 is 0 Å². The number of ketones is 1. The van der Waals surface area contributed by atoms with E-state index in [1.54, 1.807) is 60.4 Å². The first-order valence-corrected chi connectivity index (χ1v) is 8.62. The number of nitrogens with zero attached hydrogens (tertiary/aromatic N) is 2. The van der Waals surface area contributed by atoms with E-state index in [0.29, 0.717) is 22.8 Å². The number of amides is 1. The number of hydrogen-bond donors (Lipinski definition) is 1. The van der Waals surface area contributed by atoms with Crippen LogP contribution in [0.5, 0.6) is 5.75 Å². The van der Waals surface area contributed by atoms with Gasteiger partial charge in [-0.1, -0.05) is 15.9 Å². The number of carbonyl (C=O) groups is 2. The highest BCUT2D eigenvalue weighted by molar-refractivity contribution is 9.10. The topological polar surface area (TPSA) is 73.2 Å². The highest BCUT2D eigenvalue weighted by Crippen LogP contribution is 2.16. The van der Waals surface area contributed by atoms with Crippen molar-refractivity contribution in [2.45, 2.75) is 0 Å². The molecule has 1 heterocycles. The number of imidazole rings is 1. The summed E-state index contributed by atoms with van der Waals surface area (Å²) < 4.78 is 8.02. The molecule has 0 fully saturated rings. The lowest BCUT2D eigenvalue weighted by molar-refractivity contribution is -0.118. The summed E-state index contributed by atoms with van der Waals surface area (Å²) in [6.07, 6.45) is 3.29. The van der Waals surface area contributed by atoms with Crippen LogP contribution in [-0.4, -0.2) is 27.8 Å². The van der Waals surface area contributed by atoms with Crippen molar-refractivity contribution in [2.24, 2.45) is 7.05 Å². The average molecular weight is 414 g/mol. The Hall–Kier alpha value is -2.93. The zero-order valence-electron chi connectivity index (χ0n) is 14.0. The monoisotopic (exact) mass is 413 g/mol. The van der Waals surface area contributed by atoms with Crippen molar-refractivity contribution in [1.29, 1.82) is 0 Å². The van der Waals surface area contributed by atoms with Gasteiger partial charge in [-0.25, -0.2) is 4.98 Å². The summed E-state index contributed by atoms with van der Waals surface area (Å²) in [6, 6.07) is 13.9. The third-order valence-electron chi connectivity index (χ3n) is 3.64. The van der Waals surface area contributed by atoms with Crippen LogP contribution in [-0.2, 0) is 11.8 Å². The molecule has 0 radical (unpaired) electrons. The van der Waals surface area contributed by atoms with E-state index in [1.165, 1.54) is 0 Å². The van der Waals surface area contributed by atoms with Crippen LogP contribution in [0.25, 0.3) is 0 Å². The van der Waals surface area contributed by atoms with E-state index in [4.69, 9.17) is 4.74 Å². The second-order valence-corrected chi connectivity index (χ2v) is 6.47. The van der Waals surface area contributed by atoms with Crippen molar-refractivity contribution in [3.63, 3.8) is 0 Å². The Morgan fingerprint density at radius 3 is 2.42 bits per heavy atom. The highest BCUT2D eigenvalue weighted by atomic mass is 79.9. The molecular formula is C19H16BrN3O3. The minimum atomic E-state index is -0.281. The van der Waals surface area contributed by atoms with E-state index in [-0.39, 0.29) is 18.3 Å². The van der Waals surface area contributed by atoms with Crippen molar-refractivity contribution in [3.8, 4) is 5.75 Å². The van der Waals surface area contributed by atoms with Gasteiger partial charge in [-0.2, -0.15) is 0 Å². The molecule has 0 atom stereocenters. The van der Waals surface area contributed by atoms with Crippen molar-refractivity contribution < 1.29 is 14.3 Å². The number of halogens is 1. The van der Waals surface area contributed by atoms with Crippen molar-refractivity contribution >= 4 is 33.3 Å². The molecular weight excluding hydrogens is 398 g/mol. The molecule has 1 amide bonds. The number of nitrogens with one attached hydrogen (secondary N) is 1. The van der Waals surface area contributed by atoms with Gasteiger partial charge in [-0.05, 0) is 48.5 Å². The van der Waals surface area contributed by atoms with Crippen LogP contribution in [0.3, 0.4) is 0 Å². The van der Waals surface area contributed by atoms with Crippen molar-refractivity contribution in [3.05, 3.63) is 76.8 Å². The molecule has 7 heteroatoms. The van der Waals surface area contributed by atoms with Gasteiger partial charge in [0.2, 0.25) is 5.78 Å². The maximum atomic E-state index is 12.4. The summed E-state index contributed by atoms with van der Waals surface area (Å²) in [4.78, 5) is 28.4. The number of anilines is 1. The van der Waals surface area contributed by atoms with Crippen LogP contribution in [0.15, 0.2) is 65.4 Å². The van der Waals surface area contributed by atoms with E-state index >= 15 is 0 Å². The lowest BCUT2D eigenvalue weighted by Gasteiger charge is -2.08. The predicted octanol–water partition coefficient (Wildman–Crippen LogP) is 3.43. The van der Waals surface area contributed by atoms with Crippen LogP contribution >= 0.6 is 15.9 Å². The van der Waals surface area contributed by atoms with E-state index in [2.05, 4.69) is 26.2 Å². The fourth-order valence-electron chi connectivity index (χ4n) is 2.30. The standard InChI is InChI=1S/C19H16BrN3O3/c1-23-11-10-21-19(23)18(25)13-2-6-15(7-3-13)22-17(24)12-26-16-8-4-14(20)5-9-16/h2-11H,12H2,1H3,(H,22,24). The number of aromatic nitrogens is 2. The zero-order chi connectivity index (χ0) is 18.5. The normalized spacial score (nSPS) is 10.4. The fraction of sp³-hybridized carbons (Fsp3) is 0.105. The third-order valence-corrected chi connectivity index (χ3v) is 4.17. The Balaban J connectivity index is 1.57. The lowest BCUT2D eigenvalue weighted by Crippen LogP contribution is -2.20. The summed E-state index contributed by atoms with van der Waals surface area (Å²) >= 11 is 3.34. The van der Waals surface area contributed by atoms with Crippen LogP contribution in [0.2, 0.25) is 0 Å². The van der Waals surface area contributed by atoms with Gasteiger partial charge >= 0.3 is 0 Å². The van der Waals surface area contributed by atoms with Gasteiger partial charge in [0, 0.05) is 35.2 Å². The molecule has 26 heavy (non-hydrogen) atoms. The maximum Gasteiger partial charge on any atom is 0.262 e. The molecule has 3 aromatic rings. The van der Waals surface area contributed by atoms with Gasteiger partial charge in [0.1, 0.15) is 5.75 Å². The van der Waals surface area contributed by atoms with Crippen LogP contribution < -0.4 is 10.1 Å².